The first-order chi connectivity index (χ1) is 13.9. The van der Waals surface area contributed by atoms with E-state index in [1.807, 2.05) is 0 Å². The highest BCUT2D eigenvalue weighted by atomic mass is 19.1. The van der Waals surface area contributed by atoms with Crippen LogP contribution in [0.25, 0.3) is 0 Å². The zero-order chi connectivity index (χ0) is 20.8. The lowest BCUT2D eigenvalue weighted by Gasteiger charge is -2.46. The third-order valence-corrected chi connectivity index (χ3v) is 5.55. The standard InChI is InChI=1S/C22H19F3N2O2/c1-3-4-14-12-29-21-8-6-16(24)10-18(21)22(14)11-20(26-27(22)13(2)28)17-9-15(23)5-7-19(17)25/h3,5-10,14H,1,4,11-12H2,2H3. The highest BCUT2D eigenvalue weighted by molar-refractivity contribution is 6.04. The van der Waals surface area contributed by atoms with Crippen LogP contribution in [0, 0.1) is 23.4 Å². The predicted molar refractivity (Wildman–Crippen MR) is 102 cm³/mol. The van der Waals surface area contributed by atoms with Crippen molar-refractivity contribution in [1.29, 1.82) is 0 Å². The van der Waals surface area contributed by atoms with Crippen LogP contribution in [0.3, 0.4) is 0 Å². The first kappa shape index (κ1) is 19.2. The summed E-state index contributed by atoms with van der Waals surface area (Å²) in [4.78, 5) is 12.6. The smallest absolute Gasteiger partial charge is 0.240 e. The molecule has 0 radical (unpaired) electrons. The van der Waals surface area contributed by atoms with Gasteiger partial charge in [0.25, 0.3) is 0 Å². The first-order valence-corrected chi connectivity index (χ1v) is 9.24. The summed E-state index contributed by atoms with van der Waals surface area (Å²) in [7, 11) is 0. The summed E-state index contributed by atoms with van der Waals surface area (Å²) in [5, 5.41) is 5.64. The van der Waals surface area contributed by atoms with Gasteiger partial charge in [-0.25, -0.2) is 18.2 Å². The quantitative estimate of drug-likeness (QED) is 0.710. The molecule has 29 heavy (non-hydrogen) atoms. The van der Waals surface area contributed by atoms with Crippen LogP contribution < -0.4 is 4.74 Å². The van der Waals surface area contributed by atoms with Crippen LogP contribution in [0.2, 0.25) is 0 Å². The summed E-state index contributed by atoms with van der Waals surface area (Å²) < 4.78 is 48.2. The fourth-order valence-electron chi connectivity index (χ4n) is 4.30. The molecule has 2 heterocycles. The van der Waals surface area contributed by atoms with E-state index in [0.29, 0.717) is 17.7 Å². The molecular weight excluding hydrogens is 381 g/mol. The Morgan fingerprint density at radius 2 is 2.00 bits per heavy atom. The number of hydrogen-bond donors (Lipinski definition) is 0. The average Bonchev–Trinajstić information content (AvgIpc) is 3.08. The number of hydrazone groups is 1. The molecule has 0 fully saturated rings. The number of hydrogen-bond acceptors (Lipinski definition) is 3. The van der Waals surface area contributed by atoms with Gasteiger partial charge in [0, 0.05) is 30.4 Å². The van der Waals surface area contributed by atoms with Gasteiger partial charge in [0.1, 0.15) is 28.7 Å². The van der Waals surface area contributed by atoms with Crippen molar-refractivity contribution < 1.29 is 22.7 Å². The van der Waals surface area contributed by atoms with Gasteiger partial charge >= 0.3 is 0 Å². The second-order valence-electron chi connectivity index (χ2n) is 7.28. The van der Waals surface area contributed by atoms with Crippen molar-refractivity contribution in [2.24, 2.45) is 11.0 Å². The van der Waals surface area contributed by atoms with E-state index in [2.05, 4.69) is 11.7 Å². The maximum absolute atomic E-state index is 14.5. The first-order valence-electron chi connectivity index (χ1n) is 9.24. The lowest BCUT2D eigenvalue weighted by Crippen LogP contribution is -2.52. The minimum Gasteiger partial charge on any atom is -0.493 e. The Kier molecular flexibility index (Phi) is 4.68. The zero-order valence-electron chi connectivity index (χ0n) is 15.8. The molecule has 1 amide bonds. The topological polar surface area (TPSA) is 41.9 Å². The summed E-state index contributed by atoms with van der Waals surface area (Å²) >= 11 is 0. The van der Waals surface area contributed by atoms with E-state index in [0.717, 1.165) is 18.2 Å². The van der Waals surface area contributed by atoms with Gasteiger partial charge in [-0.15, -0.1) is 6.58 Å². The number of allylic oxidation sites excluding steroid dienone is 1. The number of ether oxygens (including phenoxy) is 1. The number of halogens is 3. The largest absolute Gasteiger partial charge is 0.493 e. The highest BCUT2D eigenvalue weighted by Gasteiger charge is 2.55. The number of nitrogens with zero attached hydrogens (tertiary/aromatic N) is 2. The molecule has 2 atom stereocenters. The number of benzene rings is 2. The number of carbonyl (C=O) groups excluding carboxylic acids is 1. The number of fused-ring (bicyclic) bond motifs is 2. The Hall–Kier alpha value is -3.09. The Balaban J connectivity index is 1.93. The molecule has 2 aliphatic rings. The van der Waals surface area contributed by atoms with E-state index in [4.69, 9.17) is 4.74 Å². The summed E-state index contributed by atoms with van der Waals surface area (Å²) in [6.07, 6.45) is 2.26. The molecule has 4 nitrogen and oxygen atoms in total. The minimum absolute atomic E-state index is 0.0186. The summed E-state index contributed by atoms with van der Waals surface area (Å²) in [6.45, 7) is 5.37. The van der Waals surface area contributed by atoms with Gasteiger partial charge in [-0.05, 0) is 42.8 Å². The van der Waals surface area contributed by atoms with Crippen molar-refractivity contribution in [2.45, 2.75) is 25.3 Å². The normalized spacial score (nSPS) is 22.8. The fraction of sp³-hybridized carbons (Fsp3) is 0.273. The molecule has 4 rings (SSSR count). The predicted octanol–water partition coefficient (Wildman–Crippen LogP) is 4.54. The van der Waals surface area contributed by atoms with Gasteiger partial charge in [-0.3, -0.25) is 4.79 Å². The number of rotatable bonds is 3. The molecule has 0 saturated heterocycles. The summed E-state index contributed by atoms with van der Waals surface area (Å²) in [5.41, 5.74) is -0.413. The lowest BCUT2D eigenvalue weighted by atomic mass is 9.71. The third-order valence-electron chi connectivity index (χ3n) is 5.55. The Morgan fingerprint density at radius 1 is 1.28 bits per heavy atom. The van der Waals surface area contributed by atoms with Crippen LogP contribution in [-0.4, -0.2) is 23.2 Å². The molecule has 2 unspecified atom stereocenters. The minimum atomic E-state index is -1.08. The Labute approximate surface area is 166 Å². The molecule has 0 aromatic heterocycles. The van der Waals surface area contributed by atoms with Crippen LogP contribution >= 0.6 is 0 Å². The molecule has 150 valence electrons. The van der Waals surface area contributed by atoms with Gasteiger partial charge < -0.3 is 4.74 Å². The van der Waals surface area contributed by atoms with Gasteiger partial charge in [0.05, 0.1) is 12.3 Å². The third kappa shape index (κ3) is 3.01. The molecule has 0 aliphatic carbocycles. The Morgan fingerprint density at radius 3 is 2.72 bits per heavy atom. The maximum Gasteiger partial charge on any atom is 0.240 e. The molecule has 0 N–H and O–H groups in total. The molecule has 2 aliphatic heterocycles. The van der Waals surface area contributed by atoms with Crippen LogP contribution in [-0.2, 0) is 10.3 Å². The van der Waals surface area contributed by atoms with Crippen LogP contribution in [0.5, 0.6) is 5.75 Å². The van der Waals surface area contributed by atoms with Gasteiger partial charge in [0.2, 0.25) is 5.91 Å². The van der Waals surface area contributed by atoms with Crippen molar-refractivity contribution in [3.8, 4) is 5.75 Å². The monoisotopic (exact) mass is 400 g/mol. The average molecular weight is 400 g/mol. The van der Waals surface area contributed by atoms with Crippen LogP contribution in [0.1, 0.15) is 30.9 Å². The van der Waals surface area contributed by atoms with E-state index in [1.165, 1.54) is 30.1 Å². The van der Waals surface area contributed by atoms with Crippen molar-refractivity contribution in [3.05, 3.63) is 77.6 Å². The van der Waals surface area contributed by atoms with Crippen LogP contribution in [0.4, 0.5) is 13.2 Å². The molecule has 1 spiro atoms. The highest BCUT2D eigenvalue weighted by Crippen LogP contribution is 2.52. The fourth-order valence-corrected chi connectivity index (χ4v) is 4.30. The molecule has 7 heteroatoms. The van der Waals surface area contributed by atoms with Crippen molar-refractivity contribution in [3.63, 3.8) is 0 Å². The molecule has 0 saturated carbocycles. The number of amides is 1. The SMILES string of the molecule is C=CCC1COc2ccc(F)cc2C12CC(c1cc(F)ccc1F)=NN2C(C)=O. The summed E-state index contributed by atoms with van der Waals surface area (Å²) in [5.74, 6) is -1.98. The van der Waals surface area contributed by atoms with E-state index in [9.17, 15) is 18.0 Å². The lowest BCUT2D eigenvalue weighted by molar-refractivity contribution is -0.138. The van der Waals surface area contributed by atoms with E-state index in [1.54, 1.807) is 6.08 Å². The summed E-state index contributed by atoms with van der Waals surface area (Å²) in [6, 6.07) is 7.21. The van der Waals surface area contributed by atoms with Gasteiger partial charge in [-0.1, -0.05) is 6.08 Å². The van der Waals surface area contributed by atoms with E-state index in [-0.39, 0.29) is 36.1 Å². The Bertz CT molecular complexity index is 1040. The van der Waals surface area contributed by atoms with Crippen molar-refractivity contribution >= 4 is 11.6 Å². The second-order valence-corrected chi connectivity index (χ2v) is 7.28. The molecule has 2 aromatic carbocycles. The van der Waals surface area contributed by atoms with Crippen molar-refractivity contribution in [1.82, 2.24) is 5.01 Å². The number of carbonyl (C=O) groups is 1. The molecule has 2 aromatic rings. The maximum atomic E-state index is 14.5. The van der Waals surface area contributed by atoms with Crippen LogP contribution in [0.15, 0.2) is 54.2 Å². The van der Waals surface area contributed by atoms with Crippen molar-refractivity contribution in [2.75, 3.05) is 6.61 Å². The van der Waals surface area contributed by atoms with Gasteiger partial charge in [-0.2, -0.15) is 5.10 Å². The zero-order valence-corrected chi connectivity index (χ0v) is 15.8. The molecule has 0 bridgehead atoms. The van der Waals surface area contributed by atoms with Gasteiger partial charge in [0.15, 0.2) is 0 Å². The van der Waals surface area contributed by atoms with E-state index < -0.39 is 23.0 Å². The molecular formula is C22H19F3N2O2. The van der Waals surface area contributed by atoms with E-state index >= 15 is 0 Å². The second kappa shape index (κ2) is 7.06.